The molecule has 0 bridgehead atoms. The molecule has 102 valence electrons. The molecule has 2 aliphatic rings. The van der Waals surface area contributed by atoms with Crippen LogP contribution in [0.25, 0.3) is 0 Å². The van der Waals surface area contributed by atoms with Gasteiger partial charge in [-0.05, 0) is 30.9 Å². The Morgan fingerprint density at radius 2 is 2.16 bits per heavy atom. The van der Waals surface area contributed by atoms with Crippen LogP contribution in [0.1, 0.15) is 30.4 Å². The molecule has 3 heteroatoms. The quantitative estimate of drug-likeness (QED) is 0.819. The van der Waals surface area contributed by atoms with Gasteiger partial charge in [0.25, 0.3) is 0 Å². The highest BCUT2D eigenvalue weighted by Gasteiger charge is 2.20. The molecule has 2 nitrogen and oxygen atoms in total. The van der Waals surface area contributed by atoms with Crippen molar-refractivity contribution in [2.24, 2.45) is 0 Å². The molecule has 0 unspecified atom stereocenters. The van der Waals surface area contributed by atoms with Crippen LogP contribution in [0.5, 0.6) is 0 Å². The van der Waals surface area contributed by atoms with Crippen molar-refractivity contribution in [3.8, 4) is 0 Å². The van der Waals surface area contributed by atoms with E-state index in [9.17, 15) is 4.39 Å². The largest absolute Gasteiger partial charge is 0.310 e. The maximum absolute atomic E-state index is 13.9. The summed E-state index contributed by atoms with van der Waals surface area (Å²) >= 11 is 0. The number of nitrogens with one attached hydrogen (secondary N) is 1. The predicted octanol–water partition coefficient (Wildman–Crippen LogP) is 2.84. The van der Waals surface area contributed by atoms with Crippen molar-refractivity contribution < 1.29 is 4.39 Å². The van der Waals surface area contributed by atoms with E-state index in [0.717, 1.165) is 31.6 Å². The van der Waals surface area contributed by atoms with Gasteiger partial charge in [-0.25, -0.2) is 4.39 Å². The number of halogens is 1. The maximum atomic E-state index is 13.9. The number of hydrogen-bond donors (Lipinski definition) is 1. The highest BCUT2D eigenvalue weighted by molar-refractivity contribution is 5.25. The summed E-state index contributed by atoms with van der Waals surface area (Å²) in [5.41, 5.74) is 2.02. The summed E-state index contributed by atoms with van der Waals surface area (Å²) in [6, 6.07) is 6.22. The molecular formula is C16H21FN2. The van der Waals surface area contributed by atoms with E-state index >= 15 is 0 Å². The molecule has 1 saturated carbocycles. The fraction of sp³-hybridized carbons (Fsp3) is 0.500. The highest BCUT2D eigenvalue weighted by Crippen LogP contribution is 2.20. The van der Waals surface area contributed by atoms with Gasteiger partial charge in [0.15, 0.2) is 0 Å². The van der Waals surface area contributed by atoms with E-state index in [1.807, 2.05) is 12.1 Å². The predicted molar refractivity (Wildman–Crippen MR) is 75.3 cm³/mol. The second kappa shape index (κ2) is 5.85. The van der Waals surface area contributed by atoms with Crippen molar-refractivity contribution >= 4 is 0 Å². The van der Waals surface area contributed by atoms with Gasteiger partial charge in [-0.3, -0.25) is 4.90 Å². The topological polar surface area (TPSA) is 15.3 Å². The Hall–Kier alpha value is -1.19. The third-order valence-electron chi connectivity index (χ3n) is 3.82. The molecule has 1 aliphatic carbocycles. The summed E-state index contributed by atoms with van der Waals surface area (Å²) in [6.07, 6.45) is 8.01. The van der Waals surface area contributed by atoms with Crippen LogP contribution in [-0.2, 0) is 13.1 Å². The number of nitrogens with zero attached hydrogens (tertiary/aromatic N) is 1. The SMILES string of the molecule is Fc1ccc(CNC2CC2)cc1CN1CC=CCC1. The standard InChI is InChI=1S/C16H21FN2/c17-16-7-4-13(11-18-15-5-6-15)10-14(16)12-19-8-2-1-3-9-19/h1-2,4,7,10,15,18H,3,5-6,8-9,11-12H2. The van der Waals surface area contributed by atoms with Gasteiger partial charge in [-0.2, -0.15) is 0 Å². The Morgan fingerprint density at radius 3 is 2.89 bits per heavy atom. The van der Waals surface area contributed by atoms with Crippen LogP contribution >= 0.6 is 0 Å². The van der Waals surface area contributed by atoms with Crippen molar-refractivity contribution in [2.45, 2.75) is 38.4 Å². The molecule has 1 aliphatic heterocycles. The van der Waals surface area contributed by atoms with Crippen LogP contribution < -0.4 is 5.32 Å². The van der Waals surface area contributed by atoms with Gasteiger partial charge in [-0.1, -0.05) is 24.3 Å². The average molecular weight is 260 g/mol. The molecule has 1 aromatic carbocycles. The normalized spacial score (nSPS) is 19.8. The van der Waals surface area contributed by atoms with Crippen molar-refractivity contribution in [3.05, 3.63) is 47.3 Å². The molecule has 19 heavy (non-hydrogen) atoms. The minimum Gasteiger partial charge on any atom is -0.310 e. The lowest BCUT2D eigenvalue weighted by Gasteiger charge is -2.23. The molecule has 1 aromatic rings. The Kier molecular flexibility index (Phi) is 3.95. The lowest BCUT2D eigenvalue weighted by atomic mass is 10.1. The number of rotatable bonds is 5. The van der Waals surface area contributed by atoms with E-state index in [-0.39, 0.29) is 5.82 Å². The van der Waals surface area contributed by atoms with Crippen molar-refractivity contribution in [1.29, 1.82) is 0 Å². The van der Waals surface area contributed by atoms with Crippen LogP contribution in [0.3, 0.4) is 0 Å². The first kappa shape index (κ1) is 12.8. The Balaban J connectivity index is 1.64. The lowest BCUT2D eigenvalue weighted by Crippen LogP contribution is -2.27. The summed E-state index contributed by atoms with van der Waals surface area (Å²) in [7, 11) is 0. The molecule has 1 heterocycles. The van der Waals surface area contributed by atoms with Gasteiger partial charge in [0.05, 0.1) is 0 Å². The molecule has 3 rings (SSSR count). The summed E-state index contributed by atoms with van der Waals surface area (Å²) in [5, 5.41) is 3.48. The molecule has 0 radical (unpaired) electrons. The van der Waals surface area contributed by atoms with E-state index < -0.39 is 0 Å². The Labute approximate surface area is 114 Å². The summed E-state index contributed by atoms with van der Waals surface area (Å²) in [6.45, 7) is 3.54. The van der Waals surface area contributed by atoms with E-state index in [2.05, 4.69) is 22.4 Å². The van der Waals surface area contributed by atoms with Crippen molar-refractivity contribution in [2.75, 3.05) is 13.1 Å². The lowest BCUT2D eigenvalue weighted by molar-refractivity contribution is 0.286. The Morgan fingerprint density at radius 1 is 1.26 bits per heavy atom. The zero-order valence-corrected chi connectivity index (χ0v) is 11.2. The van der Waals surface area contributed by atoms with Crippen LogP contribution in [0.15, 0.2) is 30.4 Å². The van der Waals surface area contributed by atoms with E-state index in [0.29, 0.717) is 12.6 Å². The molecule has 0 spiro atoms. The monoisotopic (exact) mass is 260 g/mol. The van der Waals surface area contributed by atoms with Crippen LogP contribution in [0.2, 0.25) is 0 Å². The van der Waals surface area contributed by atoms with Crippen LogP contribution in [0, 0.1) is 5.82 Å². The van der Waals surface area contributed by atoms with E-state index in [1.165, 1.54) is 18.4 Å². The Bertz CT molecular complexity index is 466. The average Bonchev–Trinajstić information content (AvgIpc) is 3.25. The minimum absolute atomic E-state index is 0.0790. The van der Waals surface area contributed by atoms with E-state index in [1.54, 1.807) is 6.07 Å². The smallest absolute Gasteiger partial charge is 0.127 e. The molecule has 0 saturated heterocycles. The van der Waals surface area contributed by atoms with Gasteiger partial charge >= 0.3 is 0 Å². The summed E-state index contributed by atoms with van der Waals surface area (Å²) in [4.78, 5) is 2.29. The molecule has 1 fully saturated rings. The molecular weight excluding hydrogens is 239 g/mol. The van der Waals surface area contributed by atoms with Crippen molar-refractivity contribution in [1.82, 2.24) is 10.2 Å². The number of benzene rings is 1. The van der Waals surface area contributed by atoms with Gasteiger partial charge in [-0.15, -0.1) is 0 Å². The molecule has 0 atom stereocenters. The summed E-state index contributed by atoms with van der Waals surface area (Å²) < 4.78 is 13.9. The zero-order valence-electron chi connectivity index (χ0n) is 11.2. The second-order valence-corrected chi connectivity index (χ2v) is 5.58. The third-order valence-corrected chi connectivity index (χ3v) is 3.82. The first-order valence-corrected chi connectivity index (χ1v) is 7.19. The second-order valence-electron chi connectivity index (χ2n) is 5.58. The highest BCUT2D eigenvalue weighted by atomic mass is 19.1. The number of hydrogen-bond acceptors (Lipinski definition) is 2. The molecule has 0 amide bonds. The van der Waals surface area contributed by atoms with Gasteiger partial charge in [0.2, 0.25) is 0 Å². The van der Waals surface area contributed by atoms with Gasteiger partial charge < -0.3 is 5.32 Å². The van der Waals surface area contributed by atoms with Gasteiger partial charge in [0.1, 0.15) is 5.82 Å². The van der Waals surface area contributed by atoms with Crippen LogP contribution in [0.4, 0.5) is 4.39 Å². The first-order chi connectivity index (χ1) is 9.31. The molecule has 0 aromatic heterocycles. The van der Waals surface area contributed by atoms with E-state index in [4.69, 9.17) is 0 Å². The fourth-order valence-electron chi connectivity index (χ4n) is 2.48. The minimum atomic E-state index is -0.0790. The third kappa shape index (κ3) is 3.64. The maximum Gasteiger partial charge on any atom is 0.127 e. The molecule has 1 N–H and O–H groups in total. The first-order valence-electron chi connectivity index (χ1n) is 7.19. The fourth-order valence-corrected chi connectivity index (χ4v) is 2.48. The van der Waals surface area contributed by atoms with Crippen LogP contribution in [-0.4, -0.2) is 24.0 Å². The summed E-state index contributed by atoms with van der Waals surface area (Å²) in [5.74, 6) is -0.0790. The van der Waals surface area contributed by atoms with Crippen molar-refractivity contribution in [3.63, 3.8) is 0 Å². The zero-order chi connectivity index (χ0) is 13.1. The van der Waals surface area contributed by atoms with Gasteiger partial charge in [0, 0.05) is 37.8 Å².